The van der Waals surface area contributed by atoms with E-state index in [2.05, 4.69) is 11.1 Å². The van der Waals surface area contributed by atoms with Crippen molar-refractivity contribution in [2.24, 2.45) is 0 Å². The van der Waals surface area contributed by atoms with Gasteiger partial charge in [0, 0.05) is 18.9 Å². The Kier molecular flexibility index (Phi) is 5.41. The first-order valence-electron chi connectivity index (χ1n) is 10.0. The summed E-state index contributed by atoms with van der Waals surface area (Å²) in [5.74, 6) is 0. The molecule has 0 bridgehead atoms. The fraction of sp³-hybridized carbons (Fsp3) is 0.0800. The number of hydrogen-bond donors (Lipinski definition) is 0. The number of sulfonamides is 1. The number of pyridine rings is 1. The molecule has 160 valence electrons. The molecule has 0 aliphatic carbocycles. The molecule has 3 aromatic carbocycles. The third-order valence-corrected chi connectivity index (χ3v) is 8.21. The van der Waals surface area contributed by atoms with Crippen LogP contribution in [0.4, 0.5) is 5.69 Å². The molecule has 1 aliphatic rings. The molecule has 32 heavy (non-hydrogen) atoms. The highest BCUT2D eigenvalue weighted by Crippen LogP contribution is 2.36. The van der Waals surface area contributed by atoms with Crippen LogP contribution in [0.1, 0.15) is 5.56 Å². The van der Waals surface area contributed by atoms with Crippen molar-refractivity contribution in [3.63, 3.8) is 0 Å². The fourth-order valence-electron chi connectivity index (χ4n) is 3.97. The lowest BCUT2D eigenvalue weighted by molar-refractivity contribution is 0.592. The van der Waals surface area contributed by atoms with E-state index in [9.17, 15) is 8.42 Å². The van der Waals surface area contributed by atoms with Gasteiger partial charge in [0.15, 0.2) is 0 Å². The Hall–Kier alpha value is -2.86. The molecule has 7 heteroatoms. The van der Waals surface area contributed by atoms with Crippen LogP contribution in [0.5, 0.6) is 0 Å². The Bertz CT molecular complexity index is 1410. The molecule has 0 N–H and O–H groups in total. The molecule has 4 aromatic rings. The summed E-state index contributed by atoms with van der Waals surface area (Å²) in [5, 5.41) is 0.940. The van der Waals surface area contributed by atoms with Crippen molar-refractivity contribution in [3.05, 3.63) is 101 Å². The molecule has 0 fully saturated rings. The molecule has 0 saturated carbocycles. The smallest absolute Gasteiger partial charge is 0.264 e. The quantitative estimate of drug-likeness (QED) is 0.336. The van der Waals surface area contributed by atoms with Crippen LogP contribution in [0.25, 0.3) is 22.3 Å². The molecular formula is C25H18Cl2N2O2S. The summed E-state index contributed by atoms with van der Waals surface area (Å²) in [4.78, 5) is 4.31. The first-order chi connectivity index (χ1) is 15.4. The van der Waals surface area contributed by atoms with Crippen molar-refractivity contribution in [2.75, 3.05) is 10.8 Å². The second-order valence-electron chi connectivity index (χ2n) is 7.56. The van der Waals surface area contributed by atoms with Crippen molar-refractivity contribution in [1.29, 1.82) is 0 Å². The predicted octanol–water partition coefficient (Wildman–Crippen LogP) is 6.47. The topological polar surface area (TPSA) is 50.3 Å². The van der Waals surface area contributed by atoms with E-state index in [1.54, 1.807) is 48.8 Å². The highest BCUT2D eigenvalue weighted by atomic mass is 35.5. The molecule has 0 atom stereocenters. The predicted molar refractivity (Wildman–Crippen MR) is 130 cm³/mol. The largest absolute Gasteiger partial charge is 0.266 e. The summed E-state index contributed by atoms with van der Waals surface area (Å²) < 4.78 is 28.2. The second-order valence-corrected chi connectivity index (χ2v) is 10.2. The Morgan fingerprint density at radius 1 is 0.719 bits per heavy atom. The summed E-state index contributed by atoms with van der Waals surface area (Å²) in [7, 11) is -3.67. The number of benzene rings is 3. The Morgan fingerprint density at radius 3 is 2.06 bits per heavy atom. The van der Waals surface area contributed by atoms with Crippen LogP contribution in [0.15, 0.2) is 90.1 Å². The lowest BCUT2D eigenvalue weighted by Crippen LogP contribution is -2.29. The van der Waals surface area contributed by atoms with Crippen molar-refractivity contribution < 1.29 is 8.42 Å². The van der Waals surface area contributed by atoms with Gasteiger partial charge in [0.2, 0.25) is 0 Å². The molecule has 0 amide bonds. The number of anilines is 1. The fourth-order valence-corrected chi connectivity index (χ4v) is 5.77. The van der Waals surface area contributed by atoms with Gasteiger partial charge in [-0.3, -0.25) is 9.29 Å². The lowest BCUT2D eigenvalue weighted by Gasteiger charge is -2.20. The molecule has 5 rings (SSSR count). The number of halogens is 2. The SMILES string of the molecule is O=S(=O)(c1ccc(-c2ccc(Cl)c(Cl)c2)cc1)N1CCc2cc(-c3ccncc3)ccc21. The second kappa shape index (κ2) is 8.24. The van der Waals surface area contributed by atoms with E-state index in [1.165, 1.54) is 4.31 Å². The average Bonchev–Trinajstić information content (AvgIpc) is 3.26. The van der Waals surface area contributed by atoms with Crippen LogP contribution >= 0.6 is 23.2 Å². The number of nitrogens with zero attached hydrogens (tertiary/aromatic N) is 2. The summed E-state index contributed by atoms with van der Waals surface area (Å²) >= 11 is 12.1. The first kappa shape index (κ1) is 21.0. The number of fused-ring (bicyclic) bond motifs is 1. The maximum absolute atomic E-state index is 13.4. The zero-order chi connectivity index (χ0) is 22.3. The molecule has 4 nitrogen and oxygen atoms in total. The van der Waals surface area contributed by atoms with Gasteiger partial charge in [-0.1, -0.05) is 47.5 Å². The van der Waals surface area contributed by atoms with Crippen molar-refractivity contribution in [2.45, 2.75) is 11.3 Å². The Morgan fingerprint density at radius 2 is 1.34 bits per heavy atom. The summed E-state index contributed by atoms with van der Waals surface area (Å²) in [5.41, 5.74) is 5.61. The summed E-state index contributed by atoms with van der Waals surface area (Å²) in [6.45, 7) is 0.423. The number of rotatable bonds is 4. The lowest BCUT2D eigenvalue weighted by atomic mass is 10.0. The normalized spacial score (nSPS) is 13.2. The minimum Gasteiger partial charge on any atom is -0.266 e. The molecule has 0 spiro atoms. The Labute approximate surface area is 197 Å². The van der Waals surface area contributed by atoms with Gasteiger partial charge in [-0.25, -0.2) is 8.42 Å². The molecular weight excluding hydrogens is 463 g/mol. The molecule has 0 unspecified atom stereocenters. The van der Waals surface area contributed by atoms with Crippen LogP contribution < -0.4 is 4.31 Å². The van der Waals surface area contributed by atoms with E-state index in [0.717, 1.165) is 33.5 Å². The Balaban J connectivity index is 1.44. The van der Waals surface area contributed by atoms with E-state index in [1.807, 2.05) is 30.3 Å². The first-order valence-corrected chi connectivity index (χ1v) is 12.2. The molecule has 0 saturated heterocycles. The number of aromatic nitrogens is 1. The van der Waals surface area contributed by atoms with E-state index >= 15 is 0 Å². The third-order valence-electron chi connectivity index (χ3n) is 5.64. The highest BCUT2D eigenvalue weighted by molar-refractivity contribution is 7.92. The van der Waals surface area contributed by atoms with Crippen molar-refractivity contribution in [1.82, 2.24) is 4.98 Å². The van der Waals surface area contributed by atoms with Crippen LogP contribution in [0.2, 0.25) is 10.0 Å². The van der Waals surface area contributed by atoms with Crippen molar-refractivity contribution in [3.8, 4) is 22.3 Å². The van der Waals surface area contributed by atoms with Gasteiger partial charge in [0.25, 0.3) is 10.0 Å². The third kappa shape index (κ3) is 3.77. The van der Waals surface area contributed by atoms with Gasteiger partial charge in [-0.05, 0) is 82.8 Å². The van der Waals surface area contributed by atoms with E-state index in [-0.39, 0.29) is 4.90 Å². The molecule has 2 heterocycles. The zero-order valence-corrected chi connectivity index (χ0v) is 19.2. The van der Waals surface area contributed by atoms with Gasteiger partial charge < -0.3 is 0 Å². The average molecular weight is 481 g/mol. The monoisotopic (exact) mass is 480 g/mol. The summed E-state index contributed by atoms with van der Waals surface area (Å²) in [6.07, 6.45) is 4.18. The zero-order valence-electron chi connectivity index (χ0n) is 16.9. The number of hydrogen-bond acceptors (Lipinski definition) is 3. The highest BCUT2D eigenvalue weighted by Gasteiger charge is 2.31. The standard InChI is InChI=1S/C25H18Cl2N2O2S/c26-23-7-3-20(16-24(23)27)17-1-5-22(6-2-17)32(30,31)29-14-11-21-15-19(4-8-25(21)29)18-9-12-28-13-10-18/h1-10,12-13,15-16H,11,14H2. The molecule has 1 aliphatic heterocycles. The minimum atomic E-state index is -3.67. The van der Waals surface area contributed by atoms with E-state index < -0.39 is 10.0 Å². The van der Waals surface area contributed by atoms with Crippen LogP contribution in [-0.4, -0.2) is 19.9 Å². The van der Waals surface area contributed by atoms with Gasteiger partial charge in [-0.2, -0.15) is 0 Å². The van der Waals surface area contributed by atoms with Crippen LogP contribution in [0, 0.1) is 0 Å². The van der Waals surface area contributed by atoms with Gasteiger partial charge in [-0.15, -0.1) is 0 Å². The maximum Gasteiger partial charge on any atom is 0.264 e. The molecule has 0 radical (unpaired) electrons. The van der Waals surface area contributed by atoms with E-state index in [4.69, 9.17) is 23.2 Å². The van der Waals surface area contributed by atoms with Crippen molar-refractivity contribution >= 4 is 38.9 Å². The van der Waals surface area contributed by atoms with E-state index in [0.29, 0.717) is 23.0 Å². The van der Waals surface area contributed by atoms with Gasteiger partial charge in [0.1, 0.15) is 0 Å². The van der Waals surface area contributed by atoms with Gasteiger partial charge in [0.05, 0.1) is 20.6 Å². The maximum atomic E-state index is 13.4. The molecule has 1 aromatic heterocycles. The van der Waals surface area contributed by atoms with Crippen LogP contribution in [-0.2, 0) is 16.4 Å². The minimum absolute atomic E-state index is 0.257. The van der Waals surface area contributed by atoms with Crippen LogP contribution in [0.3, 0.4) is 0 Å². The van der Waals surface area contributed by atoms with Gasteiger partial charge >= 0.3 is 0 Å². The summed E-state index contributed by atoms with van der Waals surface area (Å²) in [6, 6.07) is 22.0.